The van der Waals surface area contributed by atoms with Crippen LogP contribution in [0.15, 0.2) is 28.7 Å². The summed E-state index contributed by atoms with van der Waals surface area (Å²) >= 11 is 3.37. The fraction of sp³-hybridized carbons (Fsp3) is 0.462. The Kier molecular flexibility index (Phi) is 4.71. The average Bonchev–Trinajstić information content (AvgIpc) is 2.82. The number of carbonyl (C=O) groups is 1. The van der Waals surface area contributed by atoms with Crippen molar-refractivity contribution in [1.29, 1.82) is 0 Å². The fourth-order valence-electron chi connectivity index (χ4n) is 2.01. The number of benzene rings is 1. The molecule has 1 heterocycles. The van der Waals surface area contributed by atoms with Crippen molar-refractivity contribution in [1.82, 2.24) is 0 Å². The van der Waals surface area contributed by atoms with Gasteiger partial charge >= 0.3 is 0 Å². The van der Waals surface area contributed by atoms with Crippen molar-refractivity contribution < 1.29 is 14.8 Å². The minimum Gasteiger partial charge on any atom is -0.372 e. The van der Waals surface area contributed by atoms with Crippen LogP contribution < -0.4 is 5.32 Å². The van der Waals surface area contributed by atoms with Crippen LogP contribution in [0.4, 0.5) is 0 Å². The molecule has 3 nitrogen and oxygen atoms in total. The third-order valence-corrected chi connectivity index (χ3v) is 3.42. The van der Waals surface area contributed by atoms with Gasteiger partial charge in [0.05, 0.1) is 0 Å². The van der Waals surface area contributed by atoms with Crippen LogP contribution in [0.1, 0.15) is 23.2 Å². The minimum absolute atomic E-state index is 0.171. The molecule has 1 aliphatic rings. The first-order valence-electron chi connectivity index (χ1n) is 5.98. The molecule has 0 aromatic heterocycles. The van der Waals surface area contributed by atoms with Gasteiger partial charge in [-0.1, -0.05) is 28.1 Å². The van der Waals surface area contributed by atoms with Gasteiger partial charge in [0.25, 0.3) is 0 Å². The molecule has 2 N–H and O–H groups in total. The van der Waals surface area contributed by atoms with Crippen molar-refractivity contribution in [2.75, 3.05) is 19.7 Å². The molecular weight excluding hydrogens is 282 g/mol. The normalized spacial score (nSPS) is 19.5. The Bertz CT molecular complexity index is 389. The highest BCUT2D eigenvalue weighted by Crippen LogP contribution is 2.11. The van der Waals surface area contributed by atoms with Crippen molar-refractivity contribution in [3.05, 3.63) is 34.3 Å². The lowest BCUT2D eigenvalue weighted by atomic mass is 10.1. The molecule has 1 fully saturated rings. The van der Waals surface area contributed by atoms with Gasteiger partial charge in [-0.2, -0.15) is 0 Å². The van der Waals surface area contributed by atoms with E-state index in [0.717, 1.165) is 36.0 Å². The summed E-state index contributed by atoms with van der Waals surface area (Å²) in [6.07, 6.45) is 2.62. The zero-order valence-electron chi connectivity index (χ0n) is 9.69. The second-order valence-electron chi connectivity index (χ2n) is 4.30. The second-order valence-corrected chi connectivity index (χ2v) is 5.21. The van der Waals surface area contributed by atoms with Gasteiger partial charge in [-0.15, -0.1) is 0 Å². The number of nitrogens with two attached hydrogens (primary N) is 1. The number of carbonyl (C=O) groups excluding carboxylic acids is 1. The maximum Gasteiger partial charge on any atom is 0.216 e. The van der Waals surface area contributed by atoms with E-state index in [2.05, 4.69) is 15.9 Å². The Balaban J connectivity index is 1.77. The summed E-state index contributed by atoms with van der Waals surface area (Å²) in [5.41, 5.74) is 0.767. The largest absolute Gasteiger partial charge is 0.372 e. The lowest BCUT2D eigenvalue weighted by Gasteiger charge is -2.07. The number of rotatable bonds is 5. The average molecular weight is 299 g/mol. The van der Waals surface area contributed by atoms with Crippen molar-refractivity contribution in [2.45, 2.75) is 18.9 Å². The van der Waals surface area contributed by atoms with Crippen LogP contribution >= 0.6 is 15.9 Å². The van der Waals surface area contributed by atoms with Gasteiger partial charge in [0, 0.05) is 16.6 Å². The fourth-order valence-corrected chi connectivity index (χ4v) is 2.41. The summed E-state index contributed by atoms with van der Waals surface area (Å²) in [5.74, 6) is 0.171. The van der Waals surface area contributed by atoms with Crippen molar-refractivity contribution in [3.8, 4) is 0 Å². The maximum absolute atomic E-state index is 11.9. The van der Waals surface area contributed by atoms with E-state index in [0.29, 0.717) is 12.6 Å². The van der Waals surface area contributed by atoms with Gasteiger partial charge in [0.15, 0.2) is 0 Å². The predicted molar refractivity (Wildman–Crippen MR) is 69.1 cm³/mol. The molecule has 0 amide bonds. The Morgan fingerprint density at radius 2 is 2.41 bits per heavy atom. The molecule has 0 saturated carbocycles. The summed E-state index contributed by atoms with van der Waals surface area (Å²) in [6, 6.07) is 7.53. The van der Waals surface area contributed by atoms with Crippen LogP contribution in [0, 0.1) is 0 Å². The molecule has 92 valence electrons. The first kappa shape index (κ1) is 12.7. The molecule has 1 aliphatic heterocycles. The number of quaternary nitrogens is 1. The highest BCUT2D eigenvalue weighted by molar-refractivity contribution is 9.10. The van der Waals surface area contributed by atoms with E-state index >= 15 is 0 Å². The molecule has 0 bridgehead atoms. The van der Waals surface area contributed by atoms with Crippen molar-refractivity contribution >= 4 is 21.7 Å². The van der Waals surface area contributed by atoms with Crippen LogP contribution in [-0.2, 0) is 4.74 Å². The Labute approximate surface area is 110 Å². The molecule has 1 aromatic carbocycles. The Morgan fingerprint density at radius 1 is 1.53 bits per heavy atom. The summed E-state index contributed by atoms with van der Waals surface area (Å²) in [6.45, 7) is 2.26. The standard InChI is InChI=1S/C13H16BrNO2/c14-11-4-1-3-10(7-11)13(16)9-15-8-12-5-2-6-17-12/h1,3-4,7,12,15H,2,5-6,8-9H2/p+1/t12-/m1/s1. The smallest absolute Gasteiger partial charge is 0.216 e. The number of Topliss-reactive ketones (excluding diaryl/α,β-unsaturated/α-hetero) is 1. The van der Waals surface area contributed by atoms with Gasteiger partial charge in [0.1, 0.15) is 19.2 Å². The Morgan fingerprint density at radius 3 is 3.12 bits per heavy atom. The first-order chi connectivity index (χ1) is 8.25. The Hall–Kier alpha value is -0.710. The van der Waals surface area contributed by atoms with E-state index in [-0.39, 0.29) is 5.78 Å². The van der Waals surface area contributed by atoms with Gasteiger partial charge < -0.3 is 10.1 Å². The van der Waals surface area contributed by atoms with E-state index in [1.54, 1.807) is 0 Å². The molecule has 0 aliphatic carbocycles. The quantitative estimate of drug-likeness (QED) is 0.835. The topological polar surface area (TPSA) is 42.9 Å². The van der Waals surface area contributed by atoms with Crippen LogP contribution in [0.2, 0.25) is 0 Å². The molecule has 2 rings (SSSR count). The van der Waals surface area contributed by atoms with Gasteiger partial charge in [-0.25, -0.2) is 0 Å². The zero-order chi connectivity index (χ0) is 12.1. The molecule has 0 radical (unpaired) electrons. The number of ketones is 1. The van der Waals surface area contributed by atoms with Crippen LogP contribution in [0.5, 0.6) is 0 Å². The van der Waals surface area contributed by atoms with Crippen molar-refractivity contribution in [3.63, 3.8) is 0 Å². The minimum atomic E-state index is 0.171. The lowest BCUT2D eigenvalue weighted by molar-refractivity contribution is -0.648. The first-order valence-corrected chi connectivity index (χ1v) is 6.77. The number of hydrogen-bond donors (Lipinski definition) is 1. The summed E-state index contributed by atoms with van der Waals surface area (Å²) in [7, 11) is 0. The lowest BCUT2D eigenvalue weighted by Crippen LogP contribution is -2.87. The molecule has 0 unspecified atom stereocenters. The maximum atomic E-state index is 11.9. The van der Waals surface area contributed by atoms with E-state index in [1.807, 2.05) is 29.6 Å². The monoisotopic (exact) mass is 298 g/mol. The van der Waals surface area contributed by atoms with Crippen LogP contribution in [-0.4, -0.2) is 31.6 Å². The predicted octanol–water partition coefficient (Wildman–Crippen LogP) is 1.37. The molecule has 0 spiro atoms. The van der Waals surface area contributed by atoms with Crippen molar-refractivity contribution in [2.24, 2.45) is 0 Å². The highest BCUT2D eigenvalue weighted by atomic mass is 79.9. The SMILES string of the molecule is O=C(C[NH2+]C[C@H]1CCCO1)c1cccc(Br)c1. The number of ether oxygens (including phenoxy) is 1. The molecule has 17 heavy (non-hydrogen) atoms. The summed E-state index contributed by atoms with van der Waals surface area (Å²) in [5, 5.41) is 2.04. The summed E-state index contributed by atoms with van der Waals surface area (Å²) in [4.78, 5) is 11.9. The highest BCUT2D eigenvalue weighted by Gasteiger charge is 2.17. The molecular formula is C13H17BrNO2+. The second kappa shape index (κ2) is 6.28. The third-order valence-electron chi connectivity index (χ3n) is 2.93. The molecule has 4 heteroatoms. The number of hydrogen-bond acceptors (Lipinski definition) is 2. The molecule has 1 atom stereocenters. The van der Waals surface area contributed by atoms with E-state index < -0.39 is 0 Å². The summed E-state index contributed by atoms with van der Waals surface area (Å²) < 4.78 is 6.46. The molecule has 1 saturated heterocycles. The van der Waals surface area contributed by atoms with E-state index in [1.165, 1.54) is 0 Å². The third kappa shape index (κ3) is 3.91. The zero-order valence-corrected chi connectivity index (χ0v) is 11.3. The van der Waals surface area contributed by atoms with E-state index in [9.17, 15) is 4.79 Å². The van der Waals surface area contributed by atoms with Gasteiger partial charge in [-0.3, -0.25) is 4.79 Å². The number of halogens is 1. The van der Waals surface area contributed by atoms with Gasteiger partial charge in [-0.05, 0) is 25.0 Å². The van der Waals surface area contributed by atoms with Gasteiger partial charge in [0.2, 0.25) is 5.78 Å². The molecule has 1 aromatic rings. The van der Waals surface area contributed by atoms with E-state index in [4.69, 9.17) is 4.74 Å². The van der Waals surface area contributed by atoms with Crippen LogP contribution in [0.25, 0.3) is 0 Å². The van der Waals surface area contributed by atoms with Crippen LogP contribution in [0.3, 0.4) is 0 Å².